The van der Waals surface area contributed by atoms with Gasteiger partial charge in [-0.15, -0.1) is 0 Å². The first-order chi connectivity index (χ1) is 16.5. The Labute approximate surface area is 210 Å². The van der Waals surface area contributed by atoms with Gasteiger partial charge in [-0.3, -0.25) is 39.5 Å². The number of nitro benzene ring substituents is 2. The Balaban J connectivity index is 1.93. The molecular weight excluding hydrogens is 550 g/mol. The summed E-state index contributed by atoms with van der Waals surface area (Å²) < 4.78 is 11.2. The molecule has 12 nitrogen and oxygen atoms in total. The van der Waals surface area contributed by atoms with Crippen molar-refractivity contribution in [2.24, 2.45) is 0 Å². The van der Waals surface area contributed by atoms with Gasteiger partial charge in [0.1, 0.15) is 12.3 Å². The minimum absolute atomic E-state index is 0.00602. The van der Waals surface area contributed by atoms with Crippen molar-refractivity contribution in [2.75, 3.05) is 6.54 Å². The number of rotatable bonds is 8. The van der Waals surface area contributed by atoms with Gasteiger partial charge in [-0.05, 0) is 56.0 Å². The topological polar surface area (TPSA) is 159 Å². The lowest BCUT2D eigenvalue weighted by molar-refractivity contribution is -0.394. The summed E-state index contributed by atoms with van der Waals surface area (Å²) in [5.41, 5.74) is -0.830. The molecule has 2 aromatic rings. The summed E-state index contributed by atoms with van der Waals surface area (Å²) in [6.45, 7) is 2.72. The minimum atomic E-state index is -0.817. The molecule has 1 aliphatic rings. The number of hydrogen-bond acceptors (Lipinski definition) is 10. The summed E-state index contributed by atoms with van der Waals surface area (Å²) in [6, 6.07) is 7.52. The smallest absolute Gasteiger partial charge is 0.326 e. The SMILES string of the molecule is CC(C)OC(=O)CN1C(=O)S/C(=C\c2cc(Br)ccc2Oc2ccc([N+](=O)[O-])cc2[N+](=O)[O-])C1=O. The van der Waals surface area contributed by atoms with E-state index in [1.807, 2.05) is 0 Å². The molecule has 1 heterocycles. The molecule has 35 heavy (non-hydrogen) atoms. The summed E-state index contributed by atoms with van der Waals surface area (Å²) in [4.78, 5) is 58.5. The Hall–Kier alpha value is -3.78. The first-order valence-electron chi connectivity index (χ1n) is 9.81. The van der Waals surface area contributed by atoms with Crippen LogP contribution >= 0.6 is 27.7 Å². The van der Waals surface area contributed by atoms with Gasteiger partial charge in [0.15, 0.2) is 0 Å². The maximum Gasteiger partial charge on any atom is 0.326 e. The number of nitro groups is 2. The molecule has 2 aromatic carbocycles. The molecular formula is C21H16BrN3O9S. The van der Waals surface area contributed by atoms with Crippen LogP contribution in [0.3, 0.4) is 0 Å². The zero-order valence-corrected chi connectivity index (χ0v) is 20.5. The number of amides is 2. The van der Waals surface area contributed by atoms with Gasteiger partial charge in [0.05, 0.1) is 26.9 Å². The van der Waals surface area contributed by atoms with Crippen LogP contribution in [0, 0.1) is 20.2 Å². The average Bonchev–Trinajstić information content (AvgIpc) is 3.02. The van der Waals surface area contributed by atoms with Crippen LogP contribution in [0.4, 0.5) is 16.2 Å². The highest BCUT2D eigenvalue weighted by atomic mass is 79.9. The number of carbonyl (C=O) groups excluding carboxylic acids is 3. The fourth-order valence-corrected chi connectivity index (χ4v) is 4.11. The number of esters is 1. The number of imide groups is 1. The summed E-state index contributed by atoms with van der Waals surface area (Å²) in [5.74, 6) is -1.63. The molecule has 0 aromatic heterocycles. The molecule has 3 rings (SSSR count). The molecule has 0 unspecified atom stereocenters. The zero-order chi connectivity index (χ0) is 25.9. The van der Waals surface area contributed by atoms with E-state index in [-0.39, 0.29) is 22.0 Å². The number of hydrogen-bond donors (Lipinski definition) is 0. The Morgan fingerprint density at radius 2 is 1.80 bits per heavy atom. The maximum absolute atomic E-state index is 12.7. The second-order valence-corrected chi connectivity index (χ2v) is 9.17. The highest BCUT2D eigenvalue weighted by Crippen LogP contribution is 2.39. The largest absolute Gasteiger partial charge is 0.462 e. The van der Waals surface area contributed by atoms with Crippen molar-refractivity contribution in [3.8, 4) is 11.5 Å². The van der Waals surface area contributed by atoms with Crippen LogP contribution < -0.4 is 4.74 Å². The fraction of sp³-hybridized carbons (Fsp3) is 0.190. The van der Waals surface area contributed by atoms with Gasteiger partial charge in [0.2, 0.25) is 5.75 Å². The minimum Gasteiger partial charge on any atom is -0.462 e. The number of nitrogens with zero attached hydrogens (tertiary/aromatic N) is 3. The first kappa shape index (κ1) is 25.8. The third-order valence-corrected chi connectivity index (χ3v) is 5.76. The molecule has 0 radical (unpaired) electrons. The van der Waals surface area contributed by atoms with Crippen LogP contribution in [-0.4, -0.2) is 44.5 Å². The lowest BCUT2D eigenvalue weighted by Gasteiger charge is -2.13. The normalized spacial score (nSPS) is 14.5. The van der Waals surface area contributed by atoms with Gasteiger partial charge >= 0.3 is 11.7 Å². The van der Waals surface area contributed by atoms with Crippen molar-refractivity contribution in [3.05, 3.63) is 71.6 Å². The Kier molecular flexibility index (Phi) is 7.86. The molecule has 182 valence electrons. The molecule has 2 amide bonds. The predicted octanol–water partition coefficient (Wildman–Crippen LogP) is 5.05. The highest BCUT2D eigenvalue weighted by Gasteiger charge is 2.37. The predicted molar refractivity (Wildman–Crippen MR) is 128 cm³/mol. The van der Waals surface area contributed by atoms with Gasteiger partial charge in [0.25, 0.3) is 16.8 Å². The van der Waals surface area contributed by atoms with Crippen LogP contribution in [0.15, 0.2) is 45.8 Å². The van der Waals surface area contributed by atoms with Crippen molar-refractivity contribution in [3.63, 3.8) is 0 Å². The third kappa shape index (κ3) is 6.22. The van der Waals surface area contributed by atoms with Crippen molar-refractivity contribution in [1.29, 1.82) is 0 Å². The van der Waals surface area contributed by atoms with Crippen LogP contribution in [0.2, 0.25) is 0 Å². The number of halogens is 1. The summed E-state index contributed by atoms with van der Waals surface area (Å²) in [5, 5.41) is 21.7. The quantitative estimate of drug-likeness (QED) is 0.183. The van der Waals surface area contributed by atoms with Crippen molar-refractivity contribution < 1.29 is 33.7 Å². The van der Waals surface area contributed by atoms with E-state index in [1.54, 1.807) is 26.0 Å². The molecule has 0 aliphatic carbocycles. The summed E-state index contributed by atoms with van der Waals surface area (Å²) >= 11 is 3.90. The Bertz CT molecular complexity index is 1280. The van der Waals surface area contributed by atoms with Crippen molar-refractivity contribution >= 4 is 62.3 Å². The number of non-ortho nitro benzene ring substituents is 1. The van der Waals surface area contributed by atoms with Crippen LogP contribution in [0.25, 0.3) is 6.08 Å². The molecule has 1 fully saturated rings. The van der Waals surface area contributed by atoms with Gasteiger partial charge in [0, 0.05) is 16.1 Å². The Morgan fingerprint density at radius 3 is 2.43 bits per heavy atom. The molecule has 0 N–H and O–H groups in total. The zero-order valence-electron chi connectivity index (χ0n) is 18.1. The summed E-state index contributed by atoms with van der Waals surface area (Å²) in [6.07, 6.45) is 0.929. The van der Waals surface area contributed by atoms with Crippen LogP contribution in [0.1, 0.15) is 19.4 Å². The van der Waals surface area contributed by atoms with Gasteiger partial charge in [-0.25, -0.2) is 0 Å². The standard InChI is InChI=1S/C21H16BrN3O9S/c1-11(2)33-19(26)10-23-20(27)18(35-21(23)28)8-12-7-13(22)3-5-16(12)34-17-6-4-14(24(29)30)9-15(17)25(31)32/h3-9,11H,10H2,1-2H3/b18-8-. The third-order valence-electron chi connectivity index (χ3n) is 4.36. The van der Waals surface area contributed by atoms with Crippen molar-refractivity contribution in [1.82, 2.24) is 4.90 Å². The van der Waals surface area contributed by atoms with E-state index in [9.17, 15) is 34.6 Å². The van der Waals surface area contributed by atoms with E-state index in [4.69, 9.17) is 9.47 Å². The Morgan fingerprint density at radius 1 is 1.11 bits per heavy atom. The van der Waals surface area contributed by atoms with E-state index >= 15 is 0 Å². The number of thioether (sulfide) groups is 1. The van der Waals surface area contributed by atoms with E-state index in [0.29, 0.717) is 16.2 Å². The van der Waals surface area contributed by atoms with E-state index in [1.165, 1.54) is 12.1 Å². The molecule has 0 spiro atoms. The van der Waals surface area contributed by atoms with E-state index in [0.717, 1.165) is 23.1 Å². The van der Waals surface area contributed by atoms with Gasteiger partial charge < -0.3 is 9.47 Å². The first-order valence-corrected chi connectivity index (χ1v) is 11.4. The lowest BCUT2D eigenvalue weighted by Crippen LogP contribution is -2.35. The number of benzene rings is 2. The number of ether oxygens (including phenoxy) is 2. The van der Waals surface area contributed by atoms with Crippen LogP contribution in [0.5, 0.6) is 11.5 Å². The second-order valence-electron chi connectivity index (χ2n) is 7.26. The molecule has 14 heteroatoms. The van der Waals surface area contributed by atoms with Crippen molar-refractivity contribution in [2.45, 2.75) is 20.0 Å². The van der Waals surface area contributed by atoms with E-state index in [2.05, 4.69) is 15.9 Å². The molecule has 0 atom stereocenters. The molecule has 1 saturated heterocycles. The lowest BCUT2D eigenvalue weighted by atomic mass is 10.1. The molecule has 0 saturated carbocycles. The highest BCUT2D eigenvalue weighted by molar-refractivity contribution is 9.10. The monoisotopic (exact) mass is 565 g/mol. The maximum atomic E-state index is 12.7. The average molecular weight is 566 g/mol. The summed E-state index contributed by atoms with van der Waals surface area (Å²) in [7, 11) is 0. The second kappa shape index (κ2) is 10.7. The van der Waals surface area contributed by atoms with E-state index < -0.39 is 51.0 Å². The molecule has 1 aliphatic heterocycles. The van der Waals surface area contributed by atoms with Gasteiger partial charge in [-0.1, -0.05) is 15.9 Å². The fourth-order valence-electron chi connectivity index (χ4n) is 2.90. The van der Waals surface area contributed by atoms with Gasteiger partial charge in [-0.2, -0.15) is 0 Å². The number of carbonyl (C=O) groups is 3. The van der Waals surface area contributed by atoms with Crippen LogP contribution in [-0.2, 0) is 14.3 Å². The molecule has 0 bridgehead atoms.